The summed E-state index contributed by atoms with van der Waals surface area (Å²) in [7, 11) is 0. The summed E-state index contributed by atoms with van der Waals surface area (Å²) >= 11 is 0. The molecule has 2 rings (SSSR count). The summed E-state index contributed by atoms with van der Waals surface area (Å²) in [5.74, 6) is -1.75. The van der Waals surface area contributed by atoms with Crippen molar-refractivity contribution in [1.82, 2.24) is 0 Å². The van der Waals surface area contributed by atoms with Crippen molar-refractivity contribution in [2.75, 3.05) is 0 Å². The molecular formula is C16H17F3O3. The molecule has 0 amide bonds. The van der Waals surface area contributed by atoms with Crippen molar-refractivity contribution in [2.45, 2.75) is 38.3 Å². The molecule has 1 aromatic rings. The molecule has 0 spiro atoms. The Labute approximate surface area is 126 Å². The van der Waals surface area contributed by atoms with Gasteiger partial charge in [0.2, 0.25) is 0 Å². The Bertz CT molecular complexity index is 566. The number of halogens is 3. The molecule has 2 atom stereocenters. The van der Waals surface area contributed by atoms with E-state index in [1.807, 2.05) is 0 Å². The Morgan fingerprint density at radius 3 is 2.59 bits per heavy atom. The van der Waals surface area contributed by atoms with E-state index in [0.29, 0.717) is 12.8 Å². The zero-order valence-electron chi connectivity index (χ0n) is 11.9. The van der Waals surface area contributed by atoms with Gasteiger partial charge in [-0.25, -0.2) is 0 Å². The molecule has 120 valence electrons. The average Bonchev–Trinajstić information content (AvgIpc) is 2.46. The first-order valence-electron chi connectivity index (χ1n) is 7.20. The first kappa shape index (κ1) is 16.5. The van der Waals surface area contributed by atoms with Gasteiger partial charge in [0.05, 0.1) is 11.5 Å². The van der Waals surface area contributed by atoms with Crippen LogP contribution >= 0.6 is 0 Å². The van der Waals surface area contributed by atoms with E-state index in [-0.39, 0.29) is 23.7 Å². The van der Waals surface area contributed by atoms with Gasteiger partial charge >= 0.3 is 12.1 Å². The second-order valence-corrected chi connectivity index (χ2v) is 5.77. The van der Waals surface area contributed by atoms with E-state index in [1.165, 1.54) is 12.1 Å². The molecule has 0 bridgehead atoms. The molecule has 0 aromatic heterocycles. The smallest absolute Gasteiger partial charge is 0.416 e. The van der Waals surface area contributed by atoms with Crippen molar-refractivity contribution >= 4 is 11.8 Å². The SMILES string of the molecule is O=C(C[C@@H]1CCC[C@H](C(=O)O)C1)c1cccc(C(F)(F)F)c1. The lowest BCUT2D eigenvalue weighted by molar-refractivity contribution is -0.143. The minimum atomic E-state index is -4.48. The number of hydrogen-bond donors (Lipinski definition) is 1. The maximum absolute atomic E-state index is 12.7. The average molecular weight is 314 g/mol. The first-order valence-corrected chi connectivity index (χ1v) is 7.20. The Morgan fingerprint density at radius 1 is 1.23 bits per heavy atom. The molecule has 0 aliphatic heterocycles. The molecular weight excluding hydrogens is 297 g/mol. The minimum Gasteiger partial charge on any atom is -0.481 e. The van der Waals surface area contributed by atoms with E-state index in [0.717, 1.165) is 25.0 Å². The molecule has 1 N–H and O–H groups in total. The lowest BCUT2D eigenvalue weighted by Crippen LogP contribution is -2.24. The number of alkyl halides is 3. The van der Waals surface area contributed by atoms with Crippen LogP contribution in [0.1, 0.15) is 48.0 Å². The van der Waals surface area contributed by atoms with Gasteiger partial charge in [-0.2, -0.15) is 13.2 Å². The van der Waals surface area contributed by atoms with Crippen LogP contribution in [0, 0.1) is 11.8 Å². The van der Waals surface area contributed by atoms with Crippen LogP contribution in [0.3, 0.4) is 0 Å². The molecule has 1 aliphatic rings. The number of Topliss-reactive ketones (excluding diaryl/α,β-unsaturated/α-hetero) is 1. The molecule has 0 heterocycles. The number of rotatable bonds is 4. The second kappa shape index (κ2) is 6.50. The van der Waals surface area contributed by atoms with Crippen LogP contribution in [0.25, 0.3) is 0 Å². The van der Waals surface area contributed by atoms with E-state index in [9.17, 15) is 22.8 Å². The number of benzene rings is 1. The quantitative estimate of drug-likeness (QED) is 0.849. The summed E-state index contributed by atoms with van der Waals surface area (Å²) in [5, 5.41) is 9.02. The molecule has 0 radical (unpaired) electrons. The van der Waals surface area contributed by atoms with Gasteiger partial charge in [-0.05, 0) is 37.3 Å². The zero-order valence-corrected chi connectivity index (χ0v) is 11.9. The lowest BCUT2D eigenvalue weighted by atomic mass is 9.78. The van der Waals surface area contributed by atoms with E-state index >= 15 is 0 Å². The number of carboxylic acids is 1. The molecule has 1 saturated carbocycles. The Kier molecular flexibility index (Phi) is 4.88. The van der Waals surface area contributed by atoms with Gasteiger partial charge in [0, 0.05) is 12.0 Å². The summed E-state index contributed by atoms with van der Waals surface area (Å²) < 4.78 is 38.0. The van der Waals surface area contributed by atoms with Crippen LogP contribution in [-0.2, 0) is 11.0 Å². The highest BCUT2D eigenvalue weighted by molar-refractivity contribution is 5.96. The van der Waals surface area contributed by atoms with Crippen molar-refractivity contribution in [1.29, 1.82) is 0 Å². The fraction of sp³-hybridized carbons (Fsp3) is 0.500. The largest absolute Gasteiger partial charge is 0.481 e. The summed E-state index contributed by atoms with van der Waals surface area (Å²) in [5.41, 5.74) is -0.808. The third-order valence-corrected chi connectivity index (χ3v) is 4.12. The third kappa shape index (κ3) is 4.08. The first-order chi connectivity index (χ1) is 10.3. The van der Waals surface area contributed by atoms with Crippen LogP contribution in [0.15, 0.2) is 24.3 Å². The predicted octanol–water partition coefficient (Wildman–Crippen LogP) is 4.17. The van der Waals surface area contributed by atoms with E-state index in [4.69, 9.17) is 5.11 Å². The zero-order chi connectivity index (χ0) is 16.3. The fourth-order valence-corrected chi connectivity index (χ4v) is 2.95. The highest BCUT2D eigenvalue weighted by Crippen LogP contribution is 2.33. The van der Waals surface area contributed by atoms with Gasteiger partial charge < -0.3 is 5.11 Å². The number of carboxylic acid groups (broad SMARTS) is 1. The van der Waals surface area contributed by atoms with Gasteiger partial charge in [0.1, 0.15) is 0 Å². The minimum absolute atomic E-state index is 0.0345. The Hall–Kier alpha value is -1.85. The van der Waals surface area contributed by atoms with Gasteiger partial charge in [-0.3, -0.25) is 9.59 Å². The topological polar surface area (TPSA) is 54.4 Å². The van der Waals surface area contributed by atoms with Gasteiger partial charge in [-0.15, -0.1) is 0 Å². The lowest BCUT2D eigenvalue weighted by Gasteiger charge is -2.26. The second-order valence-electron chi connectivity index (χ2n) is 5.77. The molecule has 1 aliphatic carbocycles. The predicted molar refractivity (Wildman–Crippen MR) is 73.5 cm³/mol. The third-order valence-electron chi connectivity index (χ3n) is 4.12. The molecule has 22 heavy (non-hydrogen) atoms. The number of carbonyl (C=O) groups excluding carboxylic acids is 1. The van der Waals surface area contributed by atoms with Crippen molar-refractivity contribution < 1.29 is 27.9 Å². The highest BCUT2D eigenvalue weighted by atomic mass is 19.4. The van der Waals surface area contributed by atoms with Gasteiger partial charge in [0.25, 0.3) is 0 Å². The number of ketones is 1. The molecule has 6 heteroatoms. The Balaban J connectivity index is 2.05. The fourth-order valence-electron chi connectivity index (χ4n) is 2.95. The van der Waals surface area contributed by atoms with Crippen LogP contribution < -0.4 is 0 Å². The molecule has 1 fully saturated rings. The van der Waals surface area contributed by atoms with Crippen LogP contribution in [-0.4, -0.2) is 16.9 Å². The summed E-state index contributed by atoms with van der Waals surface area (Å²) in [6, 6.07) is 4.38. The monoisotopic (exact) mass is 314 g/mol. The van der Waals surface area contributed by atoms with Crippen molar-refractivity contribution in [3.63, 3.8) is 0 Å². The highest BCUT2D eigenvalue weighted by Gasteiger charge is 2.32. The normalized spacial score (nSPS) is 22.3. The van der Waals surface area contributed by atoms with Gasteiger partial charge in [0.15, 0.2) is 5.78 Å². The van der Waals surface area contributed by atoms with Crippen molar-refractivity contribution in [3.05, 3.63) is 35.4 Å². The van der Waals surface area contributed by atoms with Crippen LogP contribution in [0.5, 0.6) is 0 Å². The van der Waals surface area contributed by atoms with Crippen LogP contribution in [0.4, 0.5) is 13.2 Å². The van der Waals surface area contributed by atoms with E-state index < -0.39 is 23.6 Å². The van der Waals surface area contributed by atoms with E-state index in [2.05, 4.69) is 0 Å². The standard InChI is InChI=1S/C16H17F3O3/c17-16(18,19)13-6-2-4-11(9-13)14(20)8-10-3-1-5-12(7-10)15(21)22/h2,4,6,9-10,12H,1,3,5,7-8H2,(H,21,22)/t10-,12+/m1/s1. The van der Waals surface area contributed by atoms with Crippen molar-refractivity contribution in [2.24, 2.45) is 11.8 Å². The summed E-state index contributed by atoms with van der Waals surface area (Å²) in [6.07, 6.45) is -1.88. The van der Waals surface area contributed by atoms with Crippen molar-refractivity contribution in [3.8, 4) is 0 Å². The summed E-state index contributed by atoms with van der Waals surface area (Å²) in [4.78, 5) is 23.2. The maximum atomic E-state index is 12.7. The van der Waals surface area contributed by atoms with Gasteiger partial charge in [-0.1, -0.05) is 18.6 Å². The molecule has 0 unspecified atom stereocenters. The number of carbonyl (C=O) groups is 2. The molecule has 0 saturated heterocycles. The number of hydrogen-bond acceptors (Lipinski definition) is 2. The Morgan fingerprint density at radius 2 is 1.95 bits per heavy atom. The van der Waals surface area contributed by atoms with E-state index in [1.54, 1.807) is 0 Å². The summed E-state index contributed by atoms with van der Waals surface area (Å²) in [6.45, 7) is 0. The maximum Gasteiger partial charge on any atom is 0.416 e. The van der Waals surface area contributed by atoms with Crippen LogP contribution in [0.2, 0.25) is 0 Å². The molecule has 1 aromatic carbocycles. The molecule has 3 nitrogen and oxygen atoms in total. The number of aliphatic carboxylic acids is 1.